The first kappa shape index (κ1) is 33.5. The molecular weight excluding hydrogens is 519 g/mol. The van der Waals surface area contributed by atoms with Crippen LogP contribution < -0.4 is 0 Å². The first-order chi connectivity index (χ1) is 19.1. The van der Waals surface area contributed by atoms with Gasteiger partial charge in [-0.05, 0) is 101 Å². The molecule has 0 aliphatic rings. The molecular formula is C35H48ClFN2O. The molecule has 0 amide bonds. The number of aryl methyl sites for hydroxylation is 2. The molecule has 0 bridgehead atoms. The number of fused-ring (bicyclic) bond motifs is 1. The predicted molar refractivity (Wildman–Crippen MR) is 172 cm³/mol. The van der Waals surface area contributed by atoms with Crippen LogP contribution in [-0.2, 0) is 12.8 Å². The number of aromatic nitrogens is 1. The van der Waals surface area contributed by atoms with Gasteiger partial charge in [0.2, 0.25) is 0 Å². The van der Waals surface area contributed by atoms with E-state index in [1.54, 1.807) is 6.07 Å². The highest BCUT2D eigenvalue weighted by atomic mass is 35.5. The van der Waals surface area contributed by atoms with Gasteiger partial charge in [-0.25, -0.2) is 4.39 Å². The van der Waals surface area contributed by atoms with Crippen molar-refractivity contribution in [3.05, 3.63) is 93.0 Å². The smallest absolute Gasteiger partial charge is 0.143 e. The monoisotopic (exact) mass is 566 g/mol. The van der Waals surface area contributed by atoms with E-state index in [4.69, 9.17) is 16.7 Å². The van der Waals surface area contributed by atoms with Crippen molar-refractivity contribution in [1.82, 2.24) is 4.98 Å². The Hall–Kier alpha value is -2.69. The lowest BCUT2D eigenvalue weighted by molar-refractivity contribution is 0.284. The van der Waals surface area contributed by atoms with E-state index in [2.05, 4.69) is 81.0 Å². The molecule has 218 valence electrons. The molecule has 0 spiro atoms. The minimum atomic E-state index is -0.385. The van der Waals surface area contributed by atoms with E-state index < -0.39 is 0 Å². The molecule has 0 saturated carbocycles. The van der Waals surface area contributed by atoms with Gasteiger partial charge >= 0.3 is 0 Å². The molecule has 2 aromatic carbocycles. The zero-order chi connectivity index (χ0) is 29.7. The maximum absolute atomic E-state index is 14.0. The number of H-pyrrole nitrogens is 1. The lowest BCUT2D eigenvalue weighted by Gasteiger charge is -2.14. The van der Waals surface area contributed by atoms with Crippen LogP contribution in [0.1, 0.15) is 109 Å². The highest BCUT2D eigenvalue weighted by Gasteiger charge is 2.19. The van der Waals surface area contributed by atoms with E-state index in [9.17, 15) is 4.39 Å². The molecule has 0 saturated heterocycles. The third-order valence-corrected chi connectivity index (χ3v) is 7.19. The fourth-order valence-electron chi connectivity index (χ4n) is 4.91. The van der Waals surface area contributed by atoms with Crippen molar-refractivity contribution in [2.24, 2.45) is 4.99 Å². The SMILES string of the molecule is CC/C=C(\C)N=C(C)C=C(C)C.CCCCc1c(C(C)c2ccc(CCCCO)cc2)[nH]c2cc(F)c(Cl)cc12. The molecule has 1 atom stereocenters. The number of nitrogens with one attached hydrogen (secondary N) is 1. The summed E-state index contributed by atoms with van der Waals surface area (Å²) in [6, 6.07) is 12.0. The second kappa shape index (κ2) is 17.2. The summed E-state index contributed by atoms with van der Waals surface area (Å²) in [6.45, 7) is 15.0. The Balaban J connectivity index is 0.000000395. The van der Waals surface area contributed by atoms with Crippen LogP contribution in [0.15, 0.2) is 64.8 Å². The number of aliphatic imine (C=N–C) groups is 1. The van der Waals surface area contributed by atoms with E-state index in [0.29, 0.717) is 0 Å². The number of allylic oxidation sites excluding steroid dienone is 4. The number of benzene rings is 2. The number of hydrogen-bond acceptors (Lipinski definition) is 2. The molecule has 3 rings (SSSR count). The Morgan fingerprint density at radius 1 is 1.02 bits per heavy atom. The van der Waals surface area contributed by atoms with Gasteiger partial charge in [0.25, 0.3) is 0 Å². The highest BCUT2D eigenvalue weighted by molar-refractivity contribution is 6.31. The zero-order valence-electron chi connectivity index (χ0n) is 25.5. The predicted octanol–water partition coefficient (Wildman–Crippen LogP) is 10.5. The Labute approximate surface area is 246 Å². The molecule has 3 aromatic rings. The molecule has 5 heteroatoms. The average molecular weight is 567 g/mol. The molecule has 3 nitrogen and oxygen atoms in total. The normalized spacial score (nSPS) is 12.8. The van der Waals surface area contributed by atoms with Crippen molar-refractivity contribution >= 4 is 28.2 Å². The van der Waals surface area contributed by atoms with E-state index >= 15 is 0 Å². The van der Waals surface area contributed by atoms with Gasteiger partial charge in [0.1, 0.15) is 5.82 Å². The summed E-state index contributed by atoms with van der Waals surface area (Å²) in [6.07, 6.45) is 11.3. The summed E-state index contributed by atoms with van der Waals surface area (Å²) in [4.78, 5) is 7.88. The van der Waals surface area contributed by atoms with Crippen LogP contribution in [-0.4, -0.2) is 22.4 Å². The Morgan fingerprint density at radius 2 is 1.73 bits per heavy atom. The Bertz CT molecular complexity index is 1300. The van der Waals surface area contributed by atoms with Gasteiger partial charge in [-0.2, -0.15) is 0 Å². The van der Waals surface area contributed by atoms with E-state index in [1.807, 2.05) is 13.8 Å². The van der Waals surface area contributed by atoms with Crippen LogP contribution in [0.2, 0.25) is 5.02 Å². The second-order valence-electron chi connectivity index (χ2n) is 10.8. The molecule has 1 aromatic heterocycles. The van der Waals surface area contributed by atoms with Crippen molar-refractivity contribution in [2.75, 3.05) is 6.61 Å². The van der Waals surface area contributed by atoms with Gasteiger partial charge in [-0.3, -0.25) is 4.99 Å². The van der Waals surface area contributed by atoms with Crippen molar-refractivity contribution in [3.63, 3.8) is 0 Å². The number of aliphatic hydroxyl groups excluding tert-OH is 1. The summed E-state index contributed by atoms with van der Waals surface area (Å²) in [5.41, 5.74) is 9.22. The van der Waals surface area contributed by atoms with Gasteiger partial charge in [0, 0.05) is 40.5 Å². The summed E-state index contributed by atoms with van der Waals surface area (Å²) >= 11 is 6.06. The standard InChI is InChI=1S/C24H29ClFNO.C11H19N/c1-3-4-8-19-20-14-21(25)22(26)15-23(20)27-24(19)16(2)18-11-9-17(10-12-18)7-5-6-13-28;1-6-7-10(4)12-11(5)8-9(2)3/h9-12,14-16,27-28H,3-8,13H2,1-2H3;7-8H,6H2,1-5H3/b;10-7+,12-11?. The van der Waals surface area contributed by atoms with Crippen molar-refractivity contribution in [1.29, 1.82) is 0 Å². The van der Waals surface area contributed by atoms with E-state index in [0.717, 1.165) is 73.0 Å². The van der Waals surface area contributed by atoms with Gasteiger partial charge < -0.3 is 10.1 Å². The van der Waals surface area contributed by atoms with E-state index in [-0.39, 0.29) is 23.4 Å². The summed E-state index contributed by atoms with van der Waals surface area (Å²) in [7, 11) is 0. The number of aromatic amines is 1. The quantitative estimate of drug-likeness (QED) is 0.166. The van der Waals surface area contributed by atoms with Gasteiger partial charge in [-0.15, -0.1) is 0 Å². The third-order valence-electron chi connectivity index (χ3n) is 6.90. The Morgan fingerprint density at radius 3 is 2.33 bits per heavy atom. The molecule has 40 heavy (non-hydrogen) atoms. The van der Waals surface area contributed by atoms with Gasteiger partial charge in [0.15, 0.2) is 0 Å². The number of halogens is 2. The maximum Gasteiger partial charge on any atom is 0.143 e. The van der Waals surface area contributed by atoms with Crippen LogP contribution in [0.5, 0.6) is 0 Å². The number of aliphatic hydroxyl groups is 1. The number of hydrogen-bond donors (Lipinski definition) is 2. The number of unbranched alkanes of at least 4 members (excludes halogenated alkanes) is 2. The molecule has 0 radical (unpaired) electrons. The number of rotatable bonds is 12. The lowest BCUT2D eigenvalue weighted by atomic mass is 9.91. The average Bonchev–Trinajstić information content (AvgIpc) is 3.24. The maximum atomic E-state index is 14.0. The first-order valence-corrected chi connectivity index (χ1v) is 15.0. The fraction of sp³-hybridized carbons (Fsp3) is 0.457. The van der Waals surface area contributed by atoms with Crippen molar-refractivity contribution in [2.45, 2.75) is 99.3 Å². The minimum absolute atomic E-state index is 0.177. The lowest BCUT2D eigenvalue weighted by Crippen LogP contribution is -2.01. The van der Waals surface area contributed by atoms with E-state index in [1.165, 1.54) is 28.3 Å². The van der Waals surface area contributed by atoms with Crippen LogP contribution in [0.25, 0.3) is 10.9 Å². The Kier molecular flexibility index (Phi) is 14.4. The first-order valence-electron chi connectivity index (χ1n) is 14.7. The largest absolute Gasteiger partial charge is 0.396 e. The minimum Gasteiger partial charge on any atom is -0.396 e. The van der Waals surface area contributed by atoms with Crippen LogP contribution in [0.4, 0.5) is 4.39 Å². The molecule has 0 aliphatic carbocycles. The molecule has 1 heterocycles. The van der Waals surface area contributed by atoms with Crippen LogP contribution in [0.3, 0.4) is 0 Å². The third kappa shape index (κ3) is 10.4. The molecule has 0 aliphatic heterocycles. The van der Waals surface area contributed by atoms with Crippen LogP contribution >= 0.6 is 11.6 Å². The second-order valence-corrected chi connectivity index (χ2v) is 11.2. The van der Waals surface area contributed by atoms with Gasteiger partial charge in [0.05, 0.1) is 5.02 Å². The fourth-order valence-corrected chi connectivity index (χ4v) is 5.07. The highest BCUT2D eigenvalue weighted by Crippen LogP contribution is 2.35. The van der Waals surface area contributed by atoms with Crippen molar-refractivity contribution < 1.29 is 9.50 Å². The summed E-state index contributed by atoms with van der Waals surface area (Å²) in [5.74, 6) is -0.198. The summed E-state index contributed by atoms with van der Waals surface area (Å²) in [5, 5.41) is 10.1. The van der Waals surface area contributed by atoms with Crippen molar-refractivity contribution in [3.8, 4) is 0 Å². The van der Waals surface area contributed by atoms with Crippen LogP contribution in [0, 0.1) is 5.82 Å². The molecule has 0 fully saturated rings. The molecule has 1 unspecified atom stereocenters. The summed E-state index contributed by atoms with van der Waals surface area (Å²) < 4.78 is 14.0. The van der Waals surface area contributed by atoms with Gasteiger partial charge in [-0.1, -0.05) is 74.7 Å². The topological polar surface area (TPSA) is 48.4 Å². The zero-order valence-corrected chi connectivity index (χ0v) is 26.3. The number of nitrogens with zero attached hydrogens (tertiary/aromatic N) is 1. The molecule has 2 N–H and O–H groups in total.